The lowest BCUT2D eigenvalue weighted by Crippen LogP contribution is -2.46. The first-order valence-corrected chi connectivity index (χ1v) is 7.70. The Labute approximate surface area is 126 Å². The minimum Gasteiger partial charge on any atom is -0.478 e. The number of anilines is 1. The average molecular weight is 288 g/mol. The minimum absolute atomic E-state index is 0.194. The molecular formula is C17H24N2O2. The molecule has 114 valence electrons. The number of rotatable bonds is 3. The highest BCUT2D eigenvalue weighted by atomic mass is 16.4. The quantitative estimate of drug-likeness (QED) is 0.890. The molecule has 1 aromatic rings. The Kier molecular flexibility index (Phi) is 3.05. The van der Waals surface area contributed by atoms with Crippen molar-refractivity contribution in [3.05, 3.63) is 23.5 Å². The number of carboxylic acid groups (broad SMARTS) is 1. The highest BCUT2D eigenvalue weighted by Gasteiger charge is 2.59. The van der Waals surface area contributed by atoms with Gasteiger partial charge in [0.1, 0.15) is 5.56 Å². The molecule has 1 heterocycles. The zero-order chi connectivity index (χ0) is 15.4. The lowest BCUT2D eigenvalue weighted by molar-refractivity contribution is 0.0696. The molecule has 0 spiro atoms. The number of aryl methyl sites for hydroxylation is 1. The van der Waals surface area contributed by atoms with Crippen molar-refractivity contribution in [2.45, 2.75) is 53.0 Å². The van der Waals surface area contributed by atoms with Gasteiger partial charge in [0.05, 0.1) is 5.69 Å². The zero-order valence-corrected chi connectivity index (χ0v) is 13.2. The second kappa shape index (κ2) is 4.46. The first-order chi connectivity index (χ1) is 9.74. The predicted octanol–water partition coefficient (Wildman–Crippen LogP) is 3.71. The van der Waals surface area contributed by atoms with Crippen LogP contribution in [0.4, 0.5) is 5.69 Å². The molecule has 2 aliphatic rings. The van der Waals surface area contributed by atoms with Crippen LogP contribution in [0.2, 0.25) is 0 Å². The van der Waals surface area contributed by atoms with Gasteiger partial charge in [-0.3, -0.25) is 4.98 Å². The zero-order valence-electron chi connectivity index (χ0n) is 13.2. The summed E-state index contributed by atoms with van der Waals surface area (Å²) in [4.78, 5) is 15.5. The smallest absolute Gasteiger partial charge is 0.339 e. The Bertz CT molecular complexity index is 592. The Morgan fingerprint density at radius 3 is 2.71 bits per heavy atom. The van der Waals surface area contributed by atoms with Gasteiger partial charge in [-0.15, -0.1) is 0 Å². The summed E-state index contributed by atoms with van der Waals surface area (Å²) >= 11 is 0. The van der Waals surface area contributed by atoms with E-state index in [9.17, 15) is 9.90 Å². The van der Waals surface area contributed by atoms with Crippen molar-refractivity contribution in [2.24, 2.45) is 16.7 Å². The van der Waals surface area contributed by atoms with Crippen LogP contribution in [-0.4, -0.2) is 22.1 Å². The molecule has 3 rings (SSSR count). The van der Waals surface area contributed by atoms with E-state index >= 15 is 0 Å². The van der Waals surface area contributed by atoms with Gasteiger partial charge in [0.25, 0.3) is 0 Å². The third-order valence-corrected chi connectivity index (χ3v) is 5.84. The standard InChI is InChI=1S/C17H24N2O2/c1-10-7-13(12(9-18-10)14(20)21)19-15-16(2,3)11-5-6-17(15,4)8-11/h7,9,11,15H,5-6,8H2,1-4H3,(H,18,19)(H,20,21). The summed E-state index contributed by atoms with van der Waals surface area (Å²) in [7, 11) is 0. The van der Waals surface area contributed by atoms with Gasteiger partial charge in [-0.05, 0) is 49.0 Å². The summed E-state index contributed by atoms with van der Waals surface area (Å²) in [6.45, 7) is 8.86. The SMILES string of the molecule is Cc1cc(NC2C3(C)CCC(C3)C2(C)C)c(C(=O)O)cn1. The number of fused-ring (bicyclic) bond motifs is 2. The van der Waals surface area contributed by atoms with Crippen molar-refractivity contribution >= 4 is 11.7 Å². The van der Waals surface area contributed by atoms with E-state index in [-0.39, 0.29) is 16.4 Å². The fourth-order valence-electron chi connectivity index (χ4n) is 4.67. The molecule has 3 atom stereocenters. The summed E-state index contributed by atoms with van der Waals surface area (Å²) in [6, 6.07) is 2.16. The molecule has 3 unspecified atom stereocenters. The number of carboxylic acids is 1. The van der Waals surface area contributed by atoms with Gasteiger partial charge in [-0.1, -0.05) is 20.8 Å². The maximum atomic E-state index is 11.4. The van der Waals surface area contributed by atoms with Crippen LogP contribution in [0.25, 0.3) is 0 Å². The van der Waals surface area contributed by atoms with Gasteiger partial charge in [0, 0.05) is 17.9 Å². The van der Waals surface area contributed by atoms with E-state index in [4.69, 9.17) is 0 Å². The highest BCUT2D eigenvalue weighted by molar-refractivity contribution is 5.94. The van der Waals surface area contributed by atoms with Crippen LogP contribution in [0.3, 0.4) is 0 Å². The van der Waals surface area contributed by atoms with E-state index in [0.717, 1.165) is 11.6 Å². The first-order valence-electron chi connectivity index (χ1n) is 7.70. The van der Waals surface area contributed by atoms with Gasteiger partial charge in [0.2, 0.25) is 0 Å². The maximum absolute atomic E-state index is 11.4. The lowest BCUT2D eigenvalue weighted by atomic mass is 9.68. The molecule has 2 aliphatic carbocycles. The molecule has 21 heavy (non-hydrogen) atoms. The molecule has 0 saturated heterocycles. The number of nitrogens with zero attached hydrogens (tertiary/aromatic N) is 1. The van der Waals surface area contributed by atoms with E-state index in [2.05, 4.69) is 31.1 Å². The Morgan fingerprint density at radius 2 is 2.14 bits per heavy atom. The predicted molar refractivity (Wildman–Crippen MR) is 82.6 cm³/mol. The van der Waals surface area contributed by atoms with Gasteiger partial charge in [0.15, 0.2) is 0 Å². The van der Waals surface area contributed by atoms with E-state index in [1.807, 2.05) is 13.0 Å². The van der Waals surface area contributed by atoms with Crippen LogP contribution in [-0.2, 0) is 0 Å². The monoisotopic (exact) mass is 288 g/mol. The molecular weight excluding hydrogens is 264 g/mol. The molecule has 2 N–H and O–H groups in total. The molecule has 2 fully saturated rings. The second-order valence-electron chi connectivity index (χ2n) is 7.67. The Hall–Kier alpha value is -1.58. The minimum atomic E-state index is -0.920. The van der Waals surface area contributed by atoms with Gasteiger partial charge < -0.3 is 10.4 Å². The number of nitrogens with one attached hydrogen (secondary N) is 1. The molecule has 0 amide bonds. The number of hydrogen-bond donors (Lipinski definition) is 2. The van der Waals surface area contributed by atoms with Gasteiger partial charge >= 0.3 is 5.97 Å². The van der Waals surface area contributed by atoms with Crippen molar-refractivity contribution in [2.75, 3.05) is 5.32 Å². The lowest BCUT2D eigenvalue weighted by Gasteiger charge is -2.43. The van der Waals surface area contributed by atoms with Crippen LogP contribution in [0.15, 0.2) is 12.3 Å². The molecule has 0 aliphatic heterocycles. The summed E-state index contributed by atoms with van der Waals surface area (Å²) < 4.78 is 0. The number of aromatic nitrogens is 1. The van der Waals surface area contributed by atoms with Gasteiger partial charge in [-0.25, -0.2) is 4.79 Å². The van der Waals surface area contributed by atoms with Crippen molar-refractivity contribution in [1.82, 2.24) is 4.98 Å². The maximum Gasteiger partial charge on any atom is 0.339 e. The fraction of sp³-hybridized carbons (Fsp3) is 0.647. The number of aromatic carboxylic acids is 1. The molecule has 2 saturated carbocycles. The molecule has 0 radical (unpaired) electrons. The van der Waals surface area contributed by atoms with E-state index in [0.29, 0.717) is 11.7 Å². The van der Waals surface area contributed by atoms with Crippen molar-refractivity contribution in [1.29, 1.82) is 0 Å². The van der Waals surface area contributed by atoms with Crippen LogP contribution in [0, 0.1) is 23.7 Å². The van der Waals surface area contributed by atoms with Gasteiger partial charge in [-0.2, -0.15) is 0 Å². The molecule has 2 bridgehead atoms. The van der Waals surface area contributed by atoms with Crippen molar-refractivity contribution in [3.8, 4) is 0 Å². The molecule has 0 aromatic carbocycles. The summed E-state index contributed by atoms with van der Waals surface area (Å²) in [5.74, 6) is -0.188. The number of hydrogen-bond acceptors (Lipinski definition) is 3. The van der Waals surface area contributed by atoms with E-state index in [1.54, 1.807) is 0 Å². The summed E-state index contributed by atoms with van der Waals surface area (Å²) in [6.07, 6.45) is 5.22. The average Bonchev–Trinajstić information content (AvgIpc) is 2.85. The van der Waals surface area contributed by atoms with Crippen LogP contribution in [0.1, 0.15) is 56.1 Å². The summed E-state index contributed by atoms with van der Waals surface area (Å²) in [5.41, 5.74) is 2.28. The molecule has 1 aromatic heterocycles. The Balaban J connectivity index is 1.97. The highest BCUT2D eigenvalue weighted by Crippen LogP contribution is 2.63. The third kappa shape index (κ3) is 2.12. The normalized spacial score (nSPS) is 33.1. The van der Waals surface area contributed by atoms with Crippen molar-refractivity contribution in [3.63, 3.8) is 0 Å². The topological polar surface area (TPSA) is 62.2 Å². The van der Waals surface area contributed by atoms with Crippen molar-refractivity contribution < 1.29 is 9.90 Å². The first kappa shape index (κ1) is 14.4. The number of pyridine rings is 1. The van der Waals surface area contributed by atoms with E-state index in [1.165, 1.54) is 25.5 Å². The largest absolute Gasteiger partial charge is 0.478 e. The fourth-order valence-corrected chi connectivity index (χ4v) is 4.67. The molecule has 4 heteroatoms. The van der Waals surface area contributed by atoms with Crippen LogP contribution >= 0.6 is 0 Å². The van der Waals surface area contributed by atoms with Crippen LogP contribution in [0.5, 0.6) is 0 Å². The number of carbonyl (C=O) groups is 1. The Morgan fingerprint density at radius 1 is 1.43 bits per heavy atom. The summed E-state index contributed by atoms with van der Waals surface area (Å²) in [5, 5.41) is 12.9. The van der Waals surface area contributed by atoms with E-state index < -0.39 is 5.97 Å². The second-order valence-corrected chi connectivity index (χ2v) is 7.67. The third-order valence-electron chi connectivity index (χ3n) is 5.84. The van der Waals surface area contributed by atoms with Crippen LogP contribution < -0.4 is 5.32 Å². The molecule has 4 nitrogen and oxygen atoms in total.